The van der Waals surface area contributed by atoms with E-state index in [4.69, 9.17) is 27.6 Å². The Balaban J connectivity index is 2.29. The van der Waals surface area contributed by atoms with Crippen molar-refractivity contribution in [2.45, 2.75) is 24.0 Å². The average molecular weight is 276 g/mol. The van der Waals surface area contributed by atoms with Crippen LogP contribution in [-0.4, -0.2) is 15.2 Å². The first kappa shape index (κ1) is 11.7. The summed E-state index contributed by atoms with van der Waals surface area (Å²) in [4.78, 5) is 4.89. The van der Waals surface area contributed by atoms with E-state index in [1.165, 1.54) is 11.8 Å². The number of oxazole rings is 1. The van der Waals surface area contributed by atoms with Gasteiger partial charge in [0.15, 0.2) is 10.3 Å². The Morgan fingerprint density at radius 2 is 2.00 bits per heavy atom. The summed E-state index contributed by atoms with van der Waals surface area (Å²) < 4.78 is 5.42. The molecule has 0 fully saturated rings. The maximum absolute atomic E-state index is 5.87. The van der Waals surface area contributed by atoms with Crippen molar-refractivity contribution in [3.8, 4) is 0 Å². The Hall–Kier alpha value is -0.780. The molecule has 2 aromatic rings. The van der Waals surface area contributed by atoms with Crippen molar-refractivity contribution in [2.24, 2.45) is 0 Å². The second-order valence-corrected chi connectivity index (χ2v) is 4.78. The monoisotopic (exact) mass is 275 g/mol. The van der Waals surface area contributed by atoms with Crippen LogP contribution in [0, 0.1) is 13.8 Å². The summed E-state index contributed by atoms with van der Waals surface area (Å²) in [6, 6.07) is 1.62. The lowest BCUT2D eigenvalue weighted by Crippen LogP contribution is -1.86. The molecular weight excluding hydrogens is 269 g/mol. The Morgan fingerprint density at radius 3 is 2.62 bits per heavy atom. The van der Waals surface area contributed by atoms with Gasteiger partial charge in [0, 0.05) is 0 Å². The molecule has 0 aromatic carbocycles. The van der Waals surface area contributed by atoms with Crippen molar-refractivity contribution >= 4 is 35.0 Å². The first-order valence-corrected chi connectivity index (χ1v) is 5.94. The Labute approximate surface area is 106 Å². The molecule has 2 aromatic heterocycles. The summed E-state index contributed by atoms with van der Waals surface area (Å²) >= 11 is 12.9. The van der Waals surface area contributed by atoms with Crippen molar-refractivity contribution in [3.63, 3.8) is 0 Å². The zero-order valence-electron chi connectivity index (χ0n) is 8.49. The van der Waals surface area contributed by atoms with Gasteiger partial charge in [0.1, 0.15) is 5.76 Å². The highest BCUT2D eigenvalue weighted by molar-refractivity contribution is 7.99. The van der Waals surface area contributed by atoms with E-state index in [-0.39, 0.29) is 10.3 Å². The summed E-state index contributed by atoms with van der Waals surface area (Å²) in [5.74, 6) is 0.784. The third-order valence-corrected chi connectivity index (χ3v) is 3.35. The summed E-state index contributed by atoms with van der Waals surface area (Å²) in [6.07, 6.45) is 0. The molecule has 0 N–H and O–H groups in total. The molecule has 0 spiro atoms. The van der Waals surface area contributed by atoms with Gasteiger partial charge in [-0.15, -0.1) is 10.2 Å². The predicted octanol–water partition coefficient (Wildman–Crippen LogP) is 3.54. The highest BCUT2D eigenvalue weighted by atomic mass is 35.5. The lowest BCUT2D eigenvalue weighted by Gasteiger charge is -1.98. The number of hydrogen-bond acceptors (Lipinski definition) is 5. The van der Waals surface area contributed by atoms with Gasteiger partial charge in [0.2, 0.25) is 0 Å². The first-order chi connectivity index (χ1) is 7.56. The second-order valence-electron chi connectivity index (χ2n) is 3.05. The normalized spacial score (nSPS) is 10.8. The van der Waals surface area contributed by atoms with E-state index in [0.29, 0.717) is 10.1 Å². The molecule has 0 aliphatic heterocycles. The van der Waals surface area contributed by atoms with Gasteiger partial charge in [0.25, 0.3) is 5.22 Å². The molecule has 16 heavy (non-hydrogen) atoms. The molecule has 0 atom stereocenters. The lowest BCUT2D eigenvalue weighted by atomic mass is 10.4. The van der Waals surface area contributed by atoms with Gasteiger partial charge in [-0.25, -0.2) is 4.98 Å². The zero-order valence-corrected chi connectivity index (χ0v) is 10.8. The second kappa shape index (κ2) is 4.61. The SMILES string of the molecule is Cc1nc(Sc2cc(Cl)nnc2Cl)oc1C. The molecule has 0 unspecified atom stereocenters. The van der Waals surface area contributed by atoms with Gasteiger partial charge in [-0.1, -0.05) is 23.2 Å². The Morgan fingerprint density at radius 1 is 1.25 bits per heavy atom. The highest BCUT2D eigenvalue weighted by Crippen LogP contribution is 2.33. The van der Waals surface area contributed by atoms with E-state index in [0.717, 1.165) is 11.5 Å². The van der Waals surface area contributed by atoms with E-state index in [1.807, 2.05) is 13.8 Å². The van der Waals surface area contributed by atoms with Gasteiger partial charge in [0.05, 0.1) is 10.6 Å². The van der Waals surface area contributed by atoms with Crippen molar-refractivity contribution < 1.29 is 4.42 Å². The molecule has 2 heterocycles. The Kier molecular flexibility index (Phi) is 3.37. The van der Waals surface area contributed by atoms with Crippen LogP contribution in [0.5, 0.6) is 0 Å². The summed E-state index contributed by atoms with van der Waals surface area (Å²) in [6.45, 7) is 3.73. The lowest BCUT2D eigenvalue weighted by molar-refractivity contribution is 0.431. The molecule has 0 aliphatic carbocycles. The Bertz CT molecular complexity index is 510. The van der Waals surface area contributed by atoms with Crippen LogP contribution in [-0.2, 0) is 0 Å². The molecule has 0 radical (unpaired) electrons. The third kappa shape index (κ3) is 2.48. The summed E-state index contributed by atoms with van der Waals surface area (Å²) in [5, 5.41) is 8.40. The topological polar surface area (TPSA) is 51.8 Å². The molecule has 4 nitrogen and oxygen atoms in total. The summed E-state index contributed by atoms with van der Waals surface area (Å²) in [7, 11) is 0. The maximum Gasteiger partial charge on any atom is 0.261 e. The third-order valence-electron chi connectivity index (χ3n) is 1.89. The van der Waals surface area contributed by atoms with E-state index >= 15 is 0 Å². The van der Waals surface area contributed by atoms with Crippen molar-refractivity contribution in [3.05, 3.63) is 27.8 Å². The number of hydrogen-bond donors (Lipinski definition) is 0. The molecule has 2 rings (SSSR count). The molecule has 0 bridgehead atoms. The van der Waals surface area contributed by atoms with Crippen LogP contribution in [0.1, 0.15) is 11.5 Å². The van der Waals surface area contributed by atoms with E-state index < -0.39 is 0 Å². The molecule has 0 amide bonds. The van der Waals surface area contributed by atoms with Crippen LogP contribution in [0.2, 0.25) is 10.3 Å². The minimum absolute atomic E-state index is 0.280. The number of aryl methyl sites for hydroxylation is 2. The maximum atomic E-state index is 5.87. The standard InChI is InChI=1S/C9H7Cl2N3OS/c1-4-5(2)15-9(12-4)16-6-3-7(10)13-14-8(6)11/h3H,1-2H3. The highest BCUT2D eigenvalue weighted by Gasteiger charge is 2.11. The molecule has 0 saturated heterocycles. The number of halogens is 2. The number of nitrogens with zero attached hydrogens (tertiary/aromatic N) is 3. The predicted molar refractivity (Wildman–Crippen MR) is 62.2 cm³/mol. The smallest absolute Gasteiger partial charge is 0.261 e. The van der Waals surface area contributed by atoms with E-state index in [1.54, 1.807) is 6.07 Å². The van der Waals surface area contributed by atoms with Gasteiger partial charge >= 0.3 is 0 Å². The fourth-order valence-electron chi connectivity index (χ4n) is 0.990. The largest absolute Gasteiger partial charge is 0.436 e. The van der Waals surface area contributed by atoms with Crippen molar-refractivity contribution in [1.29, 1.82) is 0 Å². The van der Waals surface area contributed by atoms with Crippen LogP contribution >= 0.6 is 35.0 Å². The molecular formula is C9H7Cl2N3OS. The quantitative estimate of drug-likeness (QED) is 0.839. The zero-order chi connectivity index (χ0) is 11.7. The number of rotatable bonds is 2. The van der Waals surface area contributed by atoms with E-state index in [9.17, 15) is 0 Å². The fraction of sp³-hybridized carbons (Fsp3) is 0.222. The number of aromatic nitrogens is 3. The summed E-state index contributed by atoms with van der Waals surface area (Å²) in [5.41, 5.74) is 0.853. The minimum Gasteiger partial charge on any atom is -0.436 e. The van der Waals surface area contributed by atoms with E-state index in [2.05, 4.69) is 15.2 Å². The molecule has 0 aliphatic rings. The first-order valence-electron chi connectivity index (χ1n) is 4.37. The van der Waals surface area contributed by atoms with Crippen LogP contribution in [0.3, 0.4) is 0 Å². The molecule has 0 saturated carbocycles. The van der Waals surface area contributed by atoms with Gasteiger partial charge in [-0.3, -0.25) is 0 Å². The van der Waals surface area contributed by atoms with Crippen LogP contribution < -0.4 is 0 Å². The molecule has 7 heteroatoms. The van der Waals surface area contributed by atoms with Crippen LogP contribution in [0.15, 0.2) is 20.6 Å². The van der Waals surface area contributed by atoms with Crippen LogP contribution in [0.25, 0.3) is 0 Å². The van der Waals surface area contributed by atoms with Gasteiger partial charge in [-0.2, -0.15) is 0 Å². The van der Waals surface area contributed by atoms with Gasteiger partial charge < -0.3 is 4.42 Å². The van der Waals surface area contributed by atoms with Gasteiger partial charge in [-0.05, 0) is 31.7 Å². The van der Waals surface area contributed by atoms with Crippen molar-refractivity contribution in [2.75, 3.05) is 0 Å². The van der Waals surface area contributed by atoms with Crippen LogP contribution in [0.4, 0.5) is 0 Å². The minimum atomic E-state index is 0.280. The van der Waals surface area contributed by atoms with Crippen molar-refractivity contribution in [1.82, 2.24) is 15.2 Å². The fourth-order valence-corrected chi connectivity index (χ4v) is 2.24. The average Bonchev–Trinajstić information content (AvgIpc) is 2.52. The molecule has 84 valence electrons.